The van der Waals surface area contributed by atoms with Gasteiger partial charge in [-0.05, 0) is 33.1 Å². The molecule has 74 valence electrons. The maximum atomic E-state index is 3.17. The summed E-state index contributed by atoms with van der Waals surface area (Å²) in [6, 6.07) is 0. The molecule has 0 amide bonds. The van der Waals surface area contributed by atoms with Gasteiger partial charge in [-0.2, -0.15) is 0 Å². The van der Waals surface area contributed by atoms with Gasteiger partial charge in [0.25, 0.3) is 0 Å². The summed E-state index contributed by atoms with van der Waals surface area (Å²) in [5.41, 5.74) is 1.42. The van der Waals surface area contributed by atoms with Gasteiger partial charge in [0.05, 0.1) is 0 Å². The van der Waals surface area contributed by atoms with E-state index in [9.17, 15) is 0 Å². The van der Waals surface area contributed by atoms with Crippen LogP contribution in [-0.2, 0) is 0 Å². The van der Waals surface area contributed by atoms with E-state index in [0.29, 0.717) is 5.92 Å². The number of allylic oxidation sites excluding steroid dienone is 2. The molecule has 0 aliphatic carbocycles. The van der Waals surface area contributed by atoms with Gasteiger partial charge in [0.1, 0.15) is 0 Å². The average Bonchev–Trinajstić information content (AvgIpc) is 2.09. The molecular weight excluding hydrogens is 156 g/mol. The molecule has 1 unspecified atom stereocenters. The lowest BCUT2D eigenvalue weighted by atomic mass is 9.96. The second-order valence-electron chi connectivity index (χ2n) is 3.78. The first kappa shape index (κ1) is 12.3. The van der Waals surface area contributed by atoms with Crippen LogP contribution in [0.5, 0.6) is 0 Å². The van der Waals surface area contributed by atoms with Gasteiger partial charge < -0.3 is 0 Å². The second-order valence-corrected chi connectivity index (χ2v) is 3.78. The summed E-state index contributed by atoms with van der Waals surface area (Å²) in [5, 5.41) is 0. The minimum absolute atomic E-state index is 0.678. The highest BCUT2D eigenvalue weighted by Crippen LogP contribution is 2.15. The van der Waals surface area contributed by atoms with Gasteiger partial charge in [0.15, 0.2) is 0 Å². The van der Waals surface area contributed by atoms with Crippen molar-refractivity contribution in [3.05, 3.63) is 11.6 Å². The zero-order valence-corrected chi connectivity index (χ0v) is 9.48. The summed E-state index contributed by atoms with van der Waals surface area (Å²) >= 11 is 0. The molecule has 0 spiro atoms. The molecule has 0 saturated heterocycles. The van der Waals surface area contributed by atoms with Crippen molar-refractivity contribution in [1.82, 2.24) is 0 Å². The van der Waals surface area contributed by atoms with E-state index in [4.69, 9.17) is 0 Å². The molecule has 0 aromatic carbocycles. The third kappa shape index (κ3) is 7.65. The highest BCUT2D eigenvalue weighted by atomic mass is 14.1. The predicted molar refractivity (Wildman–Crippen MR) is 60.5 cm³/mol. The van der Waals surface area contributed by atoms with E-state index < -0.39 is 0 Å². The van der Waals surface area contributed by atoms with Crippen LogP contribution in [0, 0.1) is 17.8 Å². The van der Waals surface area contributed by atoms with Crippen LogP contribution >= 0.6 is 0 Å². The Balaban J connectivity index is 4.00. The summed E-state index contributed by atoms with van der Waals surface area (Å²) in [4.78, 5) is 0. The van der Waals surface area contributed by atoms with E-state index in [1.807, 2.05) is 6.92 Å². The molecule has 0 heterocycles. The zero-order chi connectivity index (χ0) is 10.1. The van der Waals surface area contributed by atoms with Crippen LogP contribution < -0.4 is 0 Å². The Kier molecular flexibility index (Phi) is 7.50. The fourth-order valence-corrected chi connectivity index (χ4v) is 1.42. The lowest BCUT2D eigenvalue weighted by Crippen LogP contribution is -1.95. The molecule has 0 radical (unpaired) electrons. The smallest absolute Gasteiger partial charge is 0.0152 e. The van der Waals surface area contributed by atoms with E-state index in [1.165, 1.54) is 24.8 Å². The standard InChI is InChI=1S/C13H22/c1-5-7-9-13(10-8-6-2)11-12(3)4/h11,13H,5,7,9-10H2,1-4H3. The Morgan fingerprint density at radius 2 is 2.08 bits per heavy atom. The molecule has 0 aliphatic rings. The quantitative estimate of drug-likeness (QED) is 0.438. The number of hydrogen-bond donors (Lipinski definition) is 0. The molecule has 1 atom stereocenters. The summed E-state index contributed by atoms with van der Waals surface area (Å²) < 4.78 is 0. The zero-order valence-electron chi connectivity index (χ0n) is 9.48. The molecule has 0 heteroatoms. The Hall–Kier alpha value is -0.700. The summed E-state index contributed by atoms with van der Waals surface area (Å²) in [5.74, 6) is 6.81. The van der Waals surface area contributed by atoms with E-state index in [0.717, 1.165) is 6.42 Å². The monoisotopic (exact) mass is 178 g/mol. The molecule has 0 fully saturated rings. The van der Waals surface area contributed by atoms with Crippen LogP contribution in [0.25, 0.3) is 0 Å². The Bertz CT molecular complexity index is 196. The third-order valence-electron chi connectivity index (χ3n) is 2.04. The molecule has 0 nitrogen and oxygen atoms in total. The van der Waals surface area contributed by atoms with Gasteiger partial charge >= 0.3 is 0 Å². The first-order valence-electron chi connectivity index (χ1n) is 5.25. The first-order valence-corrected chi connectivity index (χ1v) is 5.25. The van der Waals surface area contributed by atoms with Crippen molar-refractivity contribution < 1.29 is 0 Å². The molecule has 0 aromatic rings. The summed E-state index contributed by atoms with van der Waals surface area (Å²) in [6.45, 7) is 8.49. The molecule has 0 aromatic heterocycles. The van der Waals surface area contributed by atoms with E-state index in [1.54, 1.807) is 0 Å². The fourth-order valence-electron chi connectivity index (χ4n) is 1.42. The van der Waals surface area contributed by atoms with Crippen LogP contribution in [0.1, 0.15) is 53.4 Å². The van der Waals surface area contributed by atoms with Crippen molar-refractivity contribution in [2.75, 3.05) is 0 Å². The highest BCUT2D eigenvalue weighted by molar-refractivity contribution is 5.04. The van der Waals surface area contributed by atoms with Gasteiger partial charge in [-0.25, -0.2) is 0 Å². The summed E-state index contributed by atoms with van der Waals surface area (Å²) in [6.07, 6.45) is 7.28. The van der Waals surface area contributed by atoms with Crippen LogP contribution in [0.3, 0.4) is 0 Å². The molecule has 0 saturated carbocycles. The Morgan fingerprint density at radius 3 is 2.54 bits per heavy atom. The van der Waals surface area contributed by atoms with Crippen molar-refractivity contribution >= 4 is 0 Å². The molecule has 0 N–H and O–H groups in total. The minimum atomic E-state index is 0.678. The fraction of sp³-hybridized carbons (Fsp3) is 0.692. The molecule has 0 aliphatic heterocycles. The maximum absolute atomic E-state index is 3.17. The van der Waals surface area contributed by atoms with Crippen LogP contribution in [0.2, 0.25) is 0 Å². The maximum Gasteiger partial charge on any atom is 0.0152 e. The van der Waals surface area contributed by atoms with Crippen molar-refractivity contribution in [2.24, 2.45) is 5.92 Å². The Labute approximate surface area is 83.4 Å². The lowest BCUT2D eigenvalue weighted by molar-refractivity contribution is 0.564. The summed E-state index contributed by atoms with van der Waals surface area (Å²) in [7, 11) is 0. The van der Waals surface area contributed by atoms with Crippen LogP contribution in [0.15, 0.2) is 11.6 Å². The lowest BCUT2D eigenvalue weighted by Gasteiger charge is -2.08. The van der Waals surface area contributed by atoms with Crippen LogP contribution in [0.4, 0.5) is 0 Å². The van der Waals surface area contributed by atoms with E-state index in [-0.39, 0.29) is 0 Å². The number of rotatable bonds is 5. The number of hydrogen-bond acceptors (Lipinski definition) is 0. The molecule has 13 heavy (non-hydrogen) atoms. The normalized spacial score (nSPS) is 11.4. The molecular formula is C13H22. The van der Waals surface area contributed by atoms with Crippen LogP contribution in [-0.4, -0.2) is 0 Å². The van der Waals surface area contributed by atoms with Crippen molar-refractivity contribution in [1.29, 1.82) is 0 Å². The van der Waals surface area contributed by atoms with E-state index in [2.05, 4.69) is 38.7 Å². The molecule has 0 rings (SSSR count). The van der Waals surface area contributed by atoms with E-state index >= 15 is 0 Å². The van der Waals surface area contributed by atoms with Gasteiger partial charge in [0.2, 0.25) is 0 Å². The average molecular weight is 178 g/mol. The first-order chi connectivity index (χ1) is 6.20. The Morgan fingerprint density at radius 1 is 1.38 bits per heavy atom. The van der Waals surface area contributed by atoms with Crippen molar-refractivity contribution in [3.8, 4) is 11.8 Å². The minimum Gasteiger partial charge on any atom is -0.107 e. The van der Waals surface area contributed by atoms with Crippen molar-refractivity contribution in [3.63, 3.8) is 0 Å². The SMILES string of the molecule is CC#CCC(C=C(C)C)CCCC. The molecule has 0 bridgehead atoms. The van der Waals surface area contributed by atoms with Gasteiger partial charge in [-0.1, -0.05) is 31.4 Å². The third-order valence-corrected chi connectivity index (χ3v) is 2.04. The highest BCUT2D eigenvalue weighted by Gasteiger charge is 2.02. The van der Waals surface area contributed by atoms with Crippen molar-refractivity contribution in [2.45, 2.75) is 53.4 Å². The van der Waals surface area contributed by atoms with Gasteiger partial charge in [-0.15, -0.1) is 11.8 Å². The largest absolute Gasteiger partial charge is 0.107 e. The topological polar surface area (TPSA) is 0 Å². The van der Waals surface area contributed by atoms with Gasteiger partial charge in [-0.3, -0.25) is 0 Å². The van der Waals surface area contributed by atoms with Gasteiger partial charge in [0, 0.05) is 6.42 Å². The second kappa shape index (κ2) is 7.92. The number of unbranched alkanes of at least 4 members (excludes halogenated alkanes) is 1. The predicted octanol–water partition coefficient (Wildman–Crippen LogP) is 4.17.